The molecule has 0 aromatic carbocycles. The molecule has 0 bridgehead atoms. The average molecular weight is 317 g/mol. The van der Waals surface area contributed by atoms with Crippen LogP contribution >= 0.6 is 0 Å². The molecule has 0 N–H and O–H groups in total. The van der Waals surface area contributed by atoms with Gasteiger partial charge in [0.15, 0.2) is 0 Å². The van der Waals surface area contributed by atoms with Gasteiger partial charge in [0.1, 0.15) is 5.65 Å². The molecule has 2 rings (SSSR count). The van der Waals surface area contributed by atoms with Crippen LogP contribution in [0.5, 0.6) is 0 Å². The first-order chi connectivity index (χ1) is 9.13. The van der Waals surface area contributed by atoms with Crippen molar-refractivity contribution in [1.82, 2.24) is 9.38 Å². The number of imidazole rings is 1. The Morgan fingerprint density at radius 3 is 2.20 bits per heavy atom. The van der Waals surface area contributed by atoms with Crippen LogP contribution in [-0.4, -0.2) is 38.7 Å². The zero-order chi connectivity index (χ0) is 15.1. The van der Waals surface area contributed by atoms with Crippen LogP contribution in [0.15, 0.2) is 24.5 Å². The van der Waals surface area contributed by atoms with Crippen LogP contribution in [0, 0.1) is 0 Å². The lowest BCUT2D eigenvalue weighted by molar-refractivity contribution is 0.590. The van der Waals surface area contributed by atoms with Gasteiger partial charge in [-0.3, -0.25) is 0 Å². The van der Waals surface area contributed by atoms with E-state index in [1.54, 1.807) is 16.7 Å². The lowest BCUT2D eigenvalue weighted by Crippen LogP contribution is -2.35. The van der Waals surface area contributed by atoms with Gasteiger partial charge >= 0.3 is 0 Å². The summed E-state index contributed by atoms with van der Waals surface area (Å²) < 4.78 is 48.8. The van der Waals surface area contributed by atoms with E-state index in [0.29, 0.717) is 9.36 Å². The molecule has 0 saturated heterocycles. The van der Waals surface area contributed by atoms with Crippen molar-refractivity contribution in [1.29, 1.82) is 0 Å². The summed E-state index contributed by atoms with van der Waals surface area (Å²) in [6.45, 7) is 1.95. The zero-order valence-electron chi connectivity index (χ0n) is 11.3. The van der Waals surface area contributed by atoms with E-state index >= 15 is 0 Å². The molecule has 0 aliphatic rings. The van der Waals surface area contributed by atoms with Gasteiger partial charge in [-0.05, 0) is 18.6 Å². The first-order valence-electron chi connectivity index (χ1n) is 5.81. The van der Waals surface area contributed by atoms with E-state index in [2.05, 4.69) is 4.98 Å². The van der Waals surface area contributed by atoms with Gasteiger partial charge in [-0.2, -0.15) is 3.71 Å². The monoisotopic (exact) mass is 317 g/mol. The average Bonchev–Trinajstić information content (AvgIpc) is 2.67. The van der Waals surface area contributed by atoms with E-state index in [1.165, 1.54) is 12.3 Å². The van der Waals surface area contributed by atoms with Crippen LogP contribution in [0.3, 0.4) is 0 Å². The van der Waals surface area contributed by atoms with Crippen molar-refractivity contribution in [3.63, 3.8) is 0 Å². The fraction of sp³-hybridized carbons (Fsp3) is 0.364. The molecule has 0 spiro atoms. The number of sulfonamides is 2. The van der Waals surface area contributed by atoms with E-state index in [-0.39, 0.29) is 5.69 Å². The molecule has 2 heterocycles. The third-order valence-electron chi connectivity index (χ3n) is 2.66. The Hall–Kier alpha value is -1.61. The quantitative estimate of drug-likeness (QED) is 0.825. The number of nitrogens with zero attached hydrogens (tertiary/aromatic N) is 3. The van der Waals surface area contributed by atoms with Crippen molar-refractivity contribution >= 4 is 31.4 Å². The standard InChI is InChI=1S/C11H15N3O4S2/c1-4-9-7-13-8-10(5-6-11(13)12-9)14(19(2,15)16)20(3,17)18/h5-8H,4H2,1-3H3. The molecule has 0 amide bonds. The van der Waals surface area contributed by atoms with Gasteiger partial charge in [-0.25, -0.2) is 21.8 Å². The van der Waals surface area contributed by atoms with E-state index in [4.69, 9.17) is 0 Å². The minimum absolute atomic E-state index is 0.0579. The van der Waals surface area contributed by atoms with Gasteiger partial charge in [0.25, 0.3) is 0 Å². The maximum atomic E-state index is 11.7. The fourth-order valence-electron chi connectivity index (χ4n) is 1.94. The highest BCUT2D eigenvalue weighted by molar-refractivity contribution is 8.09. The van der Waals surface area contributed by atoms with Gasteiger partial charge in [-0.15, -0.1) is 0 Å². The Balaban J connectivity index is 2.66. The summed E-state index contributed by atoms with van der Waals surface area (Å²) in [4.78, 5) is 4.30. The van der Waals surface area contributed by atoms with Crippen molar-refractivity contribution in [3.05, 3.63) is 30.2 Å². The second kappa shape index (κ2) is 4.74. The Morgan fingerprint density at radius 1 is 1.10 bits per heavy atom. The minimum atomic E-state index is -3.93. The number of anilines is 1. The molecular formula is C11H15N3O4S2. The molecule has 0 unspecified atom stereocenters. The predicted octanol–water partition coefficient (Wildman–Crippen LogP) is 0.622. The van der Waals surface area contributed by atoms with Gasteiger partial charge in [0.2, 0.25) is 20.0 Å². The Morgan fingerprint density at radius 2 is 1.70 bits per heavy atom. The number of fused-ring (bicyclic) bond motifs is 1. The minimum Gasteiger partial charge on any atom is -0.305 e. The third kappa shape index (κ3) is 2.78. The molecule has 0 aliphatic heterocycles. The van der Waals surface area contributed by atoms with Crippen molar-refractivity contribution in [2.45, 2.75) is 13.3 Å². The highest BCUT2D eigenvalue weighted by Gasteiger charge is 2.27. The molecule has 20 heavy (non-hydrogen) atoms. The second-order valence-electron chi connectivity index (χ2n) is 4.46. The highest BCUT2D eigenvalue weighted by Crippen LogP contribution is 2.21. The molecular weight excluding hydrogens is 302 g/mol. The number of aryl methyl sites for hydroxylation is 1. The predicted molar refractivity (Wildman–Crippen MR) is 76.7 cm³/mol. The topological polar surface area (TPSA) is 88.8 Å². The Kier molecular flexibility index (Phi) is 3.51. The van der Waals surface area contributed by atoms with Gasteiger partial charge in [-0.1, -0.05) is 6.92 Å². The molecule has 0 radical (unpaired) electrons. The molecule has 0 atom stereocenters. The van der Waals surface area contributed by atoms with Crippen molar-refractivity contribution in [2.75, 3.05) is 16.2 Å². The first kappa shape index (κ1) is 14.8. The smallest absolute Gasteiger partial charge is 0.245 e. The van der Waals surface area contributed by atoms with E-state index < -0.39 is 20.0 Å². The van der Waals surface area contributed by atoms with Crippen LogP contribution in [0.1, 0.15) is 12.6 Å². The lowest BCUT2D eigenvalue weighted by Gasteiger charge is -2.19. The molecule has 0 fully saturated rings. The highest BCUT2D eigenvalue weighted by atomic mass is 32.3. The van der Waals surface area contributed by atoms with E-state index in [1.807, 2.05) is 6.92 Å². The second-order valence-corrected chi connectivity index (χ2v) is 8.36. The number of pyridine rings is 1. The Labute approximate surface area is 118 Å². The number of rotatable bonds is 4. The molecule has 7 nitrogen and oxygen atoms in total. The summed E-state index contributed by atoms with van der Waals surface area (Å²) >= 11 is 0. The summed E-state index contributed by atoms with van der Waals surface area (Å²) in [5.41, 5.74) is 1.53. The molecule has 0 saturated carbocycles. The summed E-state index contributed by atoms with van der Waals surface area (Å²) in [5.74, 6) is 0. The summed E-state index contributed by atoms with van der Waals surface area (Å²) in [5, 5.41) is 0. The number of hydrogen-bond donors (Lipinski definition) is 0. The van der Waals surface area contributed by atoms with Crippen LogP contribution in [0.2, 0.25) is 0 Å². The van der Waals surface area contributed by atoms with Gasteiger partial charge in [0, 0.05) is 12.4 Å². The number of hydrogen-bond acceptors (Lipinski definition) is 5. The van der Waals surface area contributed by atoms with Crippen LogP contribution < -0.4 is 3.71 Å². The van der Waals surface area contributed by atoms with Crippen molar-refractivity contribution < 1.29 is 16.8 Å². The molecule has 110 valence electrons. The molecule has 2 aromatic heterocycles. The largest absolute Gasteiger partial charge is 0.305 e. The van der Waals surface area contributed by atoms with Crippen LogP contribution in [-0.2, 0) is 26.5 Å². The third-order valence-corrected chi connectivity index (χ3v) is 5.91. The van der Waals surface area contributed by atoms with Crippen LogP contribution in [0.25, 0.3) is 5.65 Å². The number of aromatic nitrogens is 2. The summed E-state index contributed by atoms with van der Waals surface area (Å²) in [6, 6.07) is 3.00. The van der Waals surface area contributed by atoms with Crippen molar-refractivity contribution in [2.24, 2.45) is 0 Å². The maximum absolute atomic E-state index is 11.7. The fourth-order valence-corrected chi connectivity index (χ4v) is 4.89. The maximum Gasteiger partial charge on any atom is 0.245 e. The molecule has 2 aromatic rings. The first-order valence-corrected chi connectivity index (χ1v) is 9.50. The van der Waals surface area contributed by atoms with Crippen molar-refractivity contribution in [3.8, 4) is 0 Å². The lowest BCUT2D eigenvalue weighted by atomic mass is 10.4. The molecule has 9 heteroatoms. The normalized spacial score (nSPS) is 12.8. The van der Waals surface area contributed by atoms with Crippen LogP contribution in [0.4, 0.5) is 5.69 Å². The van der Waals surface area contributed by atoms with E-state index in [0.717, 1.165) is 24.6 Å². The van der Waals surface area contributed by atoms with Gasteiger partial charge in [0.05, 0.1) is 23.9 Å². The van der Waals surface area contributed by atoms with E-state index in [9.17, 15) is 16.8 Å². The summed E-state index contributed by atoms with van der Waals surface area (Å²) in [7, 11) is -7.86. The van der Waals surface area contributed by atoms with Gasteiger partial charge < -0.3 is 4.40 Å². The SMILES string of the molecule is CCc1cn2cc(N(S(C)(=O)=O)S(C)(=O)=O)ccc2n1. The summed E-state index contributed by atoms with van der Waals surface area (Å²) in [6.07, 6.45) is 5.61. The zero-order valence-corrected chi connectivity index (χ0v) is 12.9. The Bertz CT molecular complexity index is 821. The molecule has 0 aliphatic carbocycles.